The van der Waals surface area contributed by atoms with Crippen molar-refractivity contribution in [2.75, 3.05) is 13.1 Å². The van der Waals surface area contributed by atoms with Crippen molar-refractivity contribution < 1.29 is 4.79 Å². The van der Waals surface area contributed by atoms with E-state index in [9.17, 15) is 4.79 Å². The van der Waals surface area contributed by atoms with E-state index in [1.165, 1.54) is 0 Å². The van der Waals surface area contributed by atoms with Crippen LogP contribution in [0.15, 0.2) is 0 Å². The summed E-state index contributed by atoms with van der Waals surface area (Å²) in [5.74, 6) is 0. The number of amides is 2. The van der Waals surface area contributed by atoms with Gasteiger partial charge in [-0.15, -0.1) is 0 Å². The van der Waals surface area contributed by atoms with Gasteiger partial charge in [0.15, 0.2) is 0 Å². The average Bonchev–Trinajstić information content (AvgIpc) is 1.82. The summed E-state index contributed by atoms with van der Waals surface area (Å²) < 4.78 is 0. The Labute approximate surface area is 53.6 Å². The van der Waals surface area contributed by atoms with E-state index in [0.717, 1.165) is 0 Å². The molecule has 5 heteroatoms. The van der Waals surface area contributed by atoms with Gasteiger partial charge >= 0.3 is 6.03 Å². The van der Waals surface area contributed by atoms with E-state index < -0.39 is 6.03 Å². The van der Waals surface area contributed by atoms with Crippen molar-refractivity contribution in [2.45, 2.75) is 6.04 Å². The lowest BCUT2D eigenvalue weighted by molar-refractivity contribution is 0.245. The first kappa shape index (κ1) is 8.19. The molecule has 0 aromatic heterocycles. The molecule has 0 heterocycles. The van der Waals surface area contributed by atoms with Crippen LogP contribution in [0.1, 0.15) is 0 Å². The molecule has 0 aromatic carbocycles. The fourth-order valence-corrected chi connectivity index (χ4v) is 0.415. The zero-order valence-corrected chi connectivity index (χ0v) is 5.13. The minimum atomic E-state index is -0.587. The predicted octanol–water partition coefficient (Wildman–Crippen LogP) is -2.06. The Balaban J connectivity index is 3.43. The van der Waals surface area contributed by atoms with Crippen LogP contribution in [0.4, 0.5) is 4.79 Å². The van der Waals surface area contributed by atoms with Crippen molar-refractivity contribution in [3.05, 3.63) is 0 Å². The van der Waals surface area contributed by atoms with Gasteiger partial charge in [-0.1, -0.05) is 0 Å². The Morgan fingerprint density at radius 1 is 1.44 bits per heavy atom. The summed E-state index contributed by atoms with van der Waals surface area (Å²) in [6.07, 6.45) is 0. The zero-order valence-electron chi connectivity index (χ0n) is 5.13. The normalized spacial score (nSPS) is 9.67. The lowest BCUT2D eigenvalue weighted by Gasteiger charge is -2.11. The molecule has 9 heavy (non-hydrogen) atoms. The maximum atomic E-state index is 10.1. The number of rotatable bonds is 3. The van der Waals surface area contributed by atoms with E-state index in [0.29, 0.717) is 13.1 Å². The maximum absolute atomic E-state index is 10.1. The van der Waals surface area contributed by atoms with E-state index >= 15 is 0 Å². The summed E-state index contributed by atoms with van der Waals surface area (Å²) in [6, 6.07) is -0.779. The molecule has 0 aliphatic carbocycles. The smallest absolute Gasteiger partial charge is 0.312 e. The van der Waals surface area contributed by atoms with Gasteiger partial charge in [0, 0.05) is 13.1 Å². The van der Waals surface area contributed by atoms with Crippen LogP contribution < -0.4 is 22.5 Å². The Bertz CT molecular complexity index is 90.6. The Morgan fingerprint density at radius 3 is 2.00 bits per heavy atom. The van der Waals surface area contributed by atoms with Crippen LogP contribution in [-0.4, -0.2) is 25.2 Å². The molecule has 0 saturated heterocycles. The van der Waals surface area contributed by atoms with Gasteiger partial charge in [-0.05, 0) is 0 Å². The summed E-state index contributed by atoms with van der Waals surface area (Å²) in [7, 11) is 0. The van der Waals surface area contributed by atoms with Gasteiger partial charge in [-0.3, -0.25) is 0 Å². The van der Waals surface area contributed by atoms with Crippen LogP contribution in [-0.2, 0) is 0 Å². The number of carbonyl (C=O) groups is 1. The number of hydrogen-bond acceptors (Lipinski definition) is 3. The van der Waals surface area contributed by atoms with Gasteiger partial charge in [-0.25, -0.2) is 4.79 Å². The van der Waals surface area contributed by atoms with Gasteiger partial charge < -0.3 is 22.5 Å². The summed E-state index contributed by atoms with van der Waals surface area (Å²) in [5, 5.41) is 2.37. The van der Waals surface area contributed by atoms with Crippen LogP contribution in [0.2, 0.25) is 0 Å². The highest BCUT2D eigenvalue weighted by Gasteiger charge is 2.03. The predicted molar refractivity (Wildman–Crippen MR) is 34.6 cm³/mol. The fraction of sp³-hybridized carbons (Fsp3) is 0.750. The quantitative estimate of drug-likeness (QED) is 0.354. The number of nitrogens with two attached hydrogens (primary N) is 3. The van der Waals surface area contributed by atoms with Crippen LogP contribution in [0.3, 0.4) is 0 Å². The van der Waals surface area contributed by atoms with Crippen molar-refractivity contribution in [3.63, 3.8) is 0 Å². The number of carbonyl (C=O) groups excluding carboxylic acids is 1. The third-order valence-corrected chi connectivity index (χ3v) is 0.915. The average molecular weight is 132 g/mol. The van der Waals surface area contributed by atoms with Crippen LogP contribution >= 0.6 is 0 Å². The topological polar surface area (TPSA) is 107 Å². The highest BCUT2D eigenvalue weighted by Crippen LogP contribution is 1.72. The molecule has 0 bridgehead atoms. The molecule has 0 fully saturated rings. The minimum Gasteiger partial charge on any atom is -0.352 e. The SMILES string of the molecule is NCC(CN)NC(N)=O. The monoisotopic (exact) mass is 132 g/mol. The van der Waals surface area contributed by atoms with E-state index in [2.05, 4.69) is 5.32 Å². The largest absolute Gasteiger partial charge is 0.352 e. The molecule has 0 unspecified atom stereocenters. The van der Waals surface area contributed by atoms with Gasteiger partial charge in [-0.2, -0.15) is 0 Å². The van der Waals surface area contributed by atoms with Crippen molar-refractivity contribution in [3.8, 4) is 0 Å². The summed E-state index contributed by atoms with van der Waals surface area (Å²) in [6.45, 7) is 0.638. The highest BCUT2D eigenvalue weighted by molar-refractivity contribution is 5.71. The van der Waals surface area contributed by atoms with Crippen LogP contribution in [0.25, 0.3) is 0 Å². The third kappa shape index (κ3) is 3.75. The van der Waals surface area contributed by atoms with Gasteiger partial charge in [0.05, 0.1) is 6.04 Å². The molecule has 7 N–H and O–H groups in total. The minimum absolute atomic E-state index is 0.192. The Morgan fingerprint density at radius 2 is 1.89 bits per heavy atom. The van der Waals surface area contributed by atoms with Gasteiger partial charge in [0.1, 0.15) is 0 Å². The van der Waals surface area contributed by atoms with E-state index in [4.69, 9.17) is 17.2 Å². The molecule has 0 aromatic rings. The number of primary amides is 1. The number of urea groups is 1. The van der Waals surface area contributed by atoms with Crippen molar-refractivity contribution in [1.29, 1.82) is 0 Å². The molecule has 2 amide bonds. The summed E-state index contributed by atoms with van der Waals surface area (Å²) in [5.41, 5.74) is 15.1. The van der Waals surface area contributed by atoms with Crippen molar-refractivity contribution >= 4 is 6.03 Å². The molecule has 5 nitrogen and oxygen atoms in total. The number of hydrogen-bond donors (Lipinski definition) is 4. The second-order valence-electron chi connectivity index (χ2n) is 1.68. The Kier molecular flexibility index (Phi) is 3.74. The molecule has 0 rings (SSSR count). The first-order chi connectivity index (χ1) is 4.20. The van der Waals surface area contributed by atoms with Crippen molar-refractivity contribution in [2.24, 2.45) is 17.2 Å². The lowest BCUT2D eigenvalue weighted by Crippen LogP contribution is -2.47. The third-order valence-electron chi connectivity index (χ3n) is 0.915. The van der Waals surface area contributed by atoms with E-state index in [-0.39, 0.29) is 6.04 Å². The molecular formula is C4H12N4O. The van der Waals surface area contributed by atoms with Gasteiger partial charge in [0.25, 0.3) is 0 Å². The fourth-order valence-electron chi connectivity index (χ4n) is 0.415. The van der Waals surface area contributed by atoms with Crippen LogP contribution in [0.5, 0.6) is 0 Å². The van der Waals surface area contributed by atoms with E-state index in [1.54, 1.807) is 0 Å². The molecule has 54 valence electrons. The molecule has 0 aliphatic rings. The first-order valence-corrected chi connectivity index (χ1v) is 2.66. The highest BCUT2D eigenvalue weighted by atomic mass is 16.2. The summed E-state index contributed by atoms with van der Waals surface area (Å²) >= 11 is 0. The second kappa shape index (κ2) is 4.11. The molecule has 0 radical (unpaired) electrons. The molecule has 0 atom stereocenters. The maximum Gasteiger partial charge on any atom is 0.312 e. The first-order valence-electron chi connectivity index (χ1n) is 2.66. The standard InChI is InChI=1S/C4H12N4O/c5-1-3(2-6)8-4(7)9/h3H,1-2,5-6H2,(H3,7,8,9). The molecular weight excluding hydrogens is 120 g/mol. The second-order valence-corrected chi connectivity index (χ2v) is 1.68. The zero-order chi connectivity index (χ0) is 7.28. The van der Waals surface area contributed by atoms with E-state index in [1.807, 2.05) is 0 Å². The van der Waals surface area contributed by atoms with Crippen molar-refractivity contribution in [1.82, 2.24) is 5.32 Å². The molecule has 0 aliphatic heterocycles. The summed E-state index contributed by atoms with van der Waals surface area (Å²) in [4.78, 5) is 10.1. The molecule has 0 spiro atoms. The van der Waals surface area contributed by atoms with Gasteiger partial charge in [0.2, 0.25) is 0 Å². The Hall–Kier alpha value is -0.810. The lowest BCUT2D eigenvalue weighted by atomic mass is 10.3. The number of nitrogens with one attached hydrogen (secondary N) is 1. The van der Waals surface area contributed by atoms with Crippen LogP contribution in [0, 0.1) is 0 Å². The molecule has 0 saturated carbocycles.